The Balaban J connectivity index is 0.000000106. The summed E-state index contributed by atoms with van der Waals surface area (Å²) in [5.74, 6) is 0. The number of thiophene rings is 1. The van der Waals surface area contributed by atoms with Crippen LogP contribution in [-0.4, -0.2) is 44.9 Å². The van der Waals surface area contributed by atoms with Gasteiger partial charge in [0, 0.05) is 133 Å². The van der Waals surface area contributed by atoms with Gasteiger partial charge in [0.15, 0.2) is 11.2 Å². The van der Waals surface area contributed by atoms with E-state index in [1.807, 2.05) is 96.8 Å². The third kappa shape index (κ3) is 15.6. The first kappa shape index (κ1) is 78.4. The maximum absolute atomic E-state index is 5.95. The Labute approximate surface area is 687 Å². The van der Waals surface area contributed by atoms with E-state index in [1.54, 1.807) is 0 Å². The van der Waals surface area contributed by atoms with Crippen molar-refractivity contribution >= 4 is 173 Å². The molecule has 0 N–H and O–H groups in total. The number of hydrogen-bond donors (Lipinski definition) is 0. The topological polar surface area (TPSA) is 142 Å². The Morgan fingerprint density at radius 3 is 1.01 bits per heavy atom. The SMILES string of the molecule is CC(C)(C)c1ccc2c3ccccc3c3cccnc3c2n1.CC(C)(C)c1ccc2oc3ccccc3c2n1.CC(C)(C)c1ccc2sc3ccccc3c2n1.CC(C)(C)c1cnc2c3ccccc3c3ccccc3c2n1.CC(C)(C)c1cnc2c3ccccc3c3ccccc3c2n1.CC(C)(C)c1nccc2c1oc1ccccc12. The quantitative estimate of drug-likeness (QED) is 0.134. The number of aromatic nitrogens is 9. The number of fused-ring (bicyclic) bond motifs is 27. The van der Waals surface area contributed by atoms with Gasteiger partial charge in [0.25, 0.3) is 0 Å². The molecule has 582 valence electrons. The lowest BCUT2D eigenvalue weighted by atomic mass is 9.90. The Morgan fingerprint density at radius 1 is 0.205 bits per heavy atom. The maximum Gasteiger partial charge on any atom is 0.157 e. The van der Waals surface area contributed by atoms with E-state index in [0.717, 1.165) is 117 Å². The average molecular weight is 1550 g/mol. The maximum atomic E-state index is 5.95. The first-order valence-corrected chi connectivity index (χ1v) is 41.2. The molecule has 0 aliphatic rings. The fourth-order valence-corrected chi connectivity index (χ4v) is 16.3. The molecule has 10 heterocycles. The third-order valence-electron chi connectivity index (χ3n) is 21.6. The fraction of sp³-hybridized carbons (Fsp3) is 0.229. The summed E-state index contributed by atoms with van der Waals surface area (Å²) in [5, 5.41) is 19.2. The molecular formula is C105H99N9O2S. The summed E-state index contributed by atoms with van der Waals surface area (Å²) >= 11 is 1.82. The number of benzene rings is 11. The molecule has 21 aromatic rings. The normalized spacial score (nSPS) is 12.4. The summed E-state index contributed by atoms with van der Waals surface area (Å²) in [4.78, 5) is 43.1. The largest absolute Gasteiger partial charge is 0.454 e. The molecular weight excluding hydrogens is 1450 g/mol. The highest BCUT2D eigenvalue weighted by atomic mass is 32.1. The van der Waals surface area contributed by atoms with Crippen molar-refractivity contribution in [1.82, 2.24) is 44.9 Å². The van der Waals surface area contributed by atoms with Gasteiger partial charge in [-0.15, -0.1) is 11.3 Å². The molecule has 0 radical (unpaired) electrons. The summed E-state index contributed by atoms with van der Waals surface area (Å²) in [6.07, 6.45) is 7.56. The van der Waals surface area contributed by atoms with E-state index in [4.69, 9.17) is 43.7 Å². The van der Waals surface area contributed by atoms with Crippen molar-refractivity contribution in [3.8, 4) is 0 Å². The van der Waals surface area contributed by atoms with Crippen molar-refractivity contribution in [3.05, 3.63) is 308 Å². The molecule has 11 nitrogen and oxygen atoms in total. The van der Waals surface area contributed by atoms with Crippen LogP contribution < -0.4 is 0 Å². The summed E-state index contributed by atoms with van der Waals surface area (Å²) < 4.78 is 14.3. The highest BCUT2D eigenvalue weighted by Crippen LogP contribution is 2.41. The Bertz CT molecular complexity index is 6710. The molecule has 0 amide bonds. The molecule has 10 aromatic heterocycles. The lowest BCUT2D eigenvalue weighted by molar-refractivity contribution is 0.553. The Morgan fingerprint density at radius 2 is 0.547 bits per heavy atom. The molecule has 21 rings (SSSR count). The van der Waals surface area contributed by atoms with Gasteiger partial charge >= 0.3 is 0 Å². The van der Waals surface area contributed by atoms with Crippen LogP contribution in [0.5, 0.6) is 0 Å². The van der Waals surface area contributed by atoms with Gasteiger partial charge in [0.1, 0.15) is 16.7 Å². The minimum absolute atomic E-state index is 0.00601. The molecule has 117 heavy (non-hydrogen) atoms. The predicted octanol–water partition coefficient (Wildman–Crippen LogP) is 29.0. The van der Waals surface area contributed by atoms with E-state index in [1.165, 1.54) is 79.4 Å². The van der Waals surface area contributed by atoms with Crippen molar-refractivity contribution in [2.45, 2.75) is 157 Å². The minimum atomic E-state index is -0.00656. The van der Waals surface area contributed by atoms with E-state index < -0.39 is 0 Å². The van der Waals surface area contributed by atoms with E-state index >= 15 is 0 Å². The van der Waals surface area contributed by atoms with Crippen LogP contribution in [0.3, 0.4) is 0 Å². The lowest BCUT2D eigenvalue weighted by Crippen LogP contribution is -2.14. The molecule has 0 spiro atoms. The van der Waals surface area contributed by atoms with Crippen LogP contribution in [0.1, 0.15) is 159 Å². The zero-order valence-corrected chi connectivity index (χ0v) is 71.0. The second kappa shape index (κ2) is 30.6. The van der Waals surface area contributed by atoms with Crippen LogP contribution >= 0.6 is 11.3 Å². The second-order valence-corrected chi connectivity index (χ2v) is 37.6. The monoisotopic (exact) mass is 1550 g/mol. The summed E-state index contributed by atoms with van der Waals surface area (Å²) in [6, 6.07) is 85.9. The first-order chi connectivity index (χ1) is 55.8. The number of hydrogen-bond acceptors (Lipinski definition) is 12. The predicted molar refractivity (Wildman–Crippen MR) is 496 cm³/mol. The molecule has 0 unspecified atom stereocenters. The zero-order valence-electron chi connectivity index (χ0n) is 70.2. The molecule has 0 aliphatic heterocycles. The average Bonchev–Trinajstić information content (AvgIpc) is 1.68. The van der Waals surface area contributed by atoms with E-state index in [-0.39, 0.29) is 32.5 Å². The summed E-state index contributed by atoms with van der Waals surface area (Å²) in [6.45, 7) is 39.2. The van der Waals surface area contributed by atoms with Crippen LogP contribution in [-0.2, 0) is 32.5 Å². The van der Waals surface area contributed by atoms with E-state index in [9.17, 15) is 0 Å². The van der Waals surface area contributed by atoms with Crippen LogP contribution in [0.4, 0.5) is 0 Å². The summed E-state index contributed by atoms with van der Waals surface area (Å²) in [7, 11) is 0. The van der Waals surface area contributed by atoms with Gasteiger partial charge in [-0.05, 0) is 99.0 Å². The molecule has 12 heteroatoms. The molecule has 0 aliphatic carbocycles. The number of pyridine rings is 5. The second-order valence-electron chi connectivity index (χ2n) is 36.5. The van der Waals surface area contributed by atoms with Gasteiger partial charge < -0.3 is 8.83 Å². The molecule has 0 saturated heterocycles. The van der Waals surface area contributed by atoms with Crippen LogP contribution in [0.25, 0.3) is 162 Å². The number of rotatable bonds is 0. The fourth-order valence-electron chi connectivity index (χ4n) is 15.2. The van der Waals surface area contributed by atoms with Crippen LogP contribution in [0, 0.1) is 0 Å². The zero-order chi connectivity index (χ0) is 82.1. The Kier molecular flexibility index (Phi) is 20.5. The van der Waals surface area contributed by atoms with Crippen molar-refractivity contribution < 1.29 is 8.83 Å². The highest BCUT2D eigenvalue weighted by molar-refractivity contribution is 7.25. The van der Waals surface area contributed by atoms with Crippen molar-refractivity contribution in [2.24, 2.45) is 0 Å². The molecule has 0 saturated carbocycles. The van der Waals surface area contributed by atoms with Gasteiger partial charge in [-0.1, -0.05) is 307 Å². The van der Waals surface area contributed by atoms with Gasteiger partial charge in [0.05, 0.1) is 60.4 Å². The number of para-hydroxylation sites is 2. The number of nitrogens with zero attached hydrogens (tertiary/aromatic N) is 9. The van der Waals surface area contributed by atoms with Crippen LogP contribution in [0.2, 0.25) is 0 Å². The van der Waals surface area contributed by atoms with E-state index in [2.05, 4.69) is 323 Å². The molecule has 11 aromatic carbocycles. The third-order valence-corrected chi connectivity index (χ3v) is 22.7. The highest BCUT2D eigenvalue weighted by Gasteiger charge is 2.26. The lowest BCUT2D eigenvalue weighted by Gasteiger charge is -2.19. The van der Waals surface area contributed by atoms with Gasteiger partial charge in [-0.2, -0.15) is 0 Å². The van der Waals surface area contributed by atoms with Gasteiger partial charge in [0.2, 0.25) is 0 Å². The van der Waals surface area contributed by atoms with Gasteiger partial charge in [-0.25, -0.2) is 19.9 Å². The summed E-state index contributed by atoms with van der Waals surface area (Å²) in [5.41, 5.74) is 18.3. The standard InChI is InChI=1S/3C20H18N2.2C15H15NO.C15H15NS/c2*1-20(2,3)17-12-21-18-15-10-6-4-8-13(15)14-9-5-7-11-16(14)19(18)22-17;1-20(2,3)17-11-10-16-14-8-5-4-7-13(14)15-9-6-12-21-18(15)19(16)22-17;1-15(2,3)14-13-11(8-9-16-14)10-6-4-5-7-12(10)17-13;2*1-15(2,3)13-9-8-12-14(16-13)10-6-4-5-7-11(10)17-12/h3*4-12H,1-3H3;3*4-9H,1-3H3. The smallest absolute Gasteiger partial charge is 0.157 e. The van der Waals surface area contributed by atoms with Crippen molar-refractivity contribution in [3.63, 3.8) is 0 Å². The van der Waals surface area contributed by atoms with Crippen molar-refractivity contribution in [2.75, 3.05) is 0 Å². The van der Waals surface area contributed by atoms with E-state index in [0.29, 0.717) is 0 Å². The molecule has 0 fully saturated rings. The molecule has 0 atom stereocenters. The molecule has 0 bridgehead atoms. The van der Waals surface area contributed by atoms with Gasteiger partial charge in [-0.3, -0.25) is 24.9 Å². The number of furan rings is 2. The Hall–Kier alpha value is -12.5. The van der Waals surface area contributed by atoms with Crippen molar-refractivity contribution in [1.29, 1.82) is 0 Å². The first-order valence-electron chi connectivity index (χ1n) is 40.4. The minimum Gasteiger partial charge on any atom is -0.454 e. The van der Waals surface area contributed by atoms with Crippen LogP contribution in [0.15, 0.2) is 282 Å².